The minimum absolute atomic E-state index is 0.280. The fourth-order valence-electron chi connectivity index (χ4n) is 2.20. The van der Waals surface area contributed by atoms with E-state index in [1.165, 1.54) is 5.56 Å². The predicted molar refractivity (Wildman–Crippen MR) is 72.5 cm³/mol. The number of hydrogen-bond donors (Lipinski definition) is 1. The molecule has 0 saturated carbocycles. The van der Waals surface area contributed by atoms with Gasteiger partial charge in [0.05, 0.1) is 12.2 Å². The van der Waals surface area contributed by atoms with Crippen molar-refractivity contribution in [3.8, 4) is 0 Å². The average Bonchev–Trinajstić information content (AvgIpc) is 2.35. The summed E-state index contributed by atoms with van der Waals surface area (Å²) in [6.45, 7) is 7.27. The standard InChI is InChI=1S/C14H21N3O2/c1-14(2,3)19-13(18)17-7-5-11-10(8-15)4-6-16-12(11)9-17/h4,6H,5,7-9,15H2,1-3H3. The molecule has 1 aromatic heterocycles. The zero-order valence-corrected chi connectivity index (χ0v) is 11.8. The monoisotopic (exact) mass is 263 g/mol. The number of ether oxygens (including phenoxy) is 1. The lowest BCUT2D eigenvalue weighted by molar-refractivity contribution is 0.0220. The van der Waals surface area contributed by atoms with E-state index in [1.807, 2.05) is 26.8 Å². The fourth-order valence-corrected chi connectivity index (χ4v) is 2.20. The highest BCUT2D eigenvalue weighted by Gasteiger charge is 2.27. The summed E-state index contributed by atoms with van der Waals surface area (Å²) in [6, 6.07) is 1.95. The zero-order valence-electron chi connectivity index (χ0n) is 11.8. The molecular weight excluding hydrogens is 242 g/mol. The van der Waals surface area contributed by atoms with Crippen LogP contribution in [-0.2, 0) is 24.2 Å². The van der Waals surface area contributed by atoms with Crippen molar-refractivity contribution in [3.05, 3.63) is 29.1 Å². The van der Waals surface area contributed by atoms with Crippen molar-refractivity contribution in [1.82, 2.24) is 9.88 Å². The molecule has 5 nitrogen and oxygen atoms in total. The van der Waals surface area contributed by atoms with Gasteiger partial charge in [-0.25, -0.2) is 4.79 Å². The summed E-state index contributed by atoms with van der Waals surface area (Å²) in [5.41, 5.74) is 8.49. The number of nitrogens with zero attached hydrogens (tertiary/aromatic N) is 2. The lowest BCUT2D eigenvalue weighted by Crippen LogP contribution is -2.40. The van der Waals surface area contributed by atoms with Gasteiger partial charge in [-0.3, -0.25) is 4.98 Å². The van der Waals surface area contributed by atoms with E-state index in [4.69, 9.17) is 10.5 Å². The van der Waals surface area contributed by atoms with Crippen LogP contribution in [0, 0.1) is 0 Å². The second kappa shape index (κ2) is 5.17. The smallest absolute Gasteiger partial charge is 0.410 e. The quantitative estimate of drug-likeness (QED) is 0.839. The van der Waals surface area contributed by atoms with Gasteiger partial charge in [0.25, 0.3) is 0 Å². The third-order valence-electron chi connectivity index (χ3n) is 3.09. The van der Waals surface area contributed by atoms with Crippen LogP contribution in [0.1, 0.15) is 37.6 Å². The summed E-state index contributed by atoms with van der Waals surface area (Å²) in [5.74, 6) is 0. The van der Waals surface area contributed by atoms with E-state index in [0.717, 1.165) is 17.7 Å². The van der Waals surface area contributed by atoms with E-state index in [9.17, 15) is 4.79 Å². The van der Waals surface area contributed by atoms with Crippen LogP contribution in [-0.4, -0.2) is 28.1 Å². The van der Waals surface area contributed by atoms with Gasteiger partial charge in [-0.2, -0.15) is 0 Å². The molecule has 0 atom stereocenters. The molecule has 0 aromatic carbocycles. The van der Waals surface area contributed by atoms with Crippen LogP contribution in [0.3, 0.4) is 0 Å². The van der Waals surface area contributed by atoms with Crippen molar-refractivity contribution in [1.29, 1.82) is 0 Å². The molecule has 1 aromatic rings. The molecule has 0 saturated heterocycles. The number of amides is 1. The van der Waals surface area contributed by atoms with Crippen molar-refractivity contribution in [2.45, 2.75) is 45.9 Å². The van der Waals surface area contributed by atoms with Gasteiger partial charge in [0, 0.05) is 19.3 Å². The topological polar surface area (TPSA) is 68.5 Å². The van der Waals surface area contributed by atoms with E-state index in [-0.39, 0.29) is 6.09 Å². The Morgan fingerprint density at radius 1 is 1.53 bits per heavy atom. The SMILES string of the molecule is CC(C)(C)OC(=O)N1CCc2c(CN)ccnc2C1. The summed E-state index contributed by atoms with van der Waals surface area (Å²) >= 11 is 0. The third-order valence-corrected chi connectivity index (χ3v) is 3.09. The molecule has 5 heteroatoms. The molecular formula is C14H21N3O2. The number of carbonyl (C=O) groups is 1. The Bertz CT molecular complexity index is 480. The number of pyridine rings is 1. The minimum atomic E-state index is -0.468. The van der Waals surface area contributed by atoms with Gasteiger partial charge in [-0.15, -0.1) is 0 Å². The second-order valence-corrected chi connectivity index (χ2v) is 5.75. The molecule has 2 rings (SSSR count). The molecule has 0 fully saturated rings. The number of nitrogens with two attached hydrogens (primary N) is 1. The summed E-state index contributed by atoms with van der Waals surface area (Å²) in [7, 11) is 0. The van der Waals surface area contributed by atoms with Crippen molar-refractivity contribution in [2.75, 3.05) is 6.54 Å². The Morgan fingerprint density at radius 2 is 2.26 bits per heavy atom. The molecule has 0 spiro atoms. The molecule has 1 amide bonds. The maximum absolute atomic E-state index is 12.0. The van der Waals surface area contributed by atoms with Gasteiger partial charge in [-0.05, 0) is 44.4 Å². The first-order valence-electron chi connectivity index (χ1n) is 6.54. The molecule has 2 heterocycles. The molecule has 0 unspecified atom stereocenters. The lowest BCUT2D eigenvalue weighted by atomic mass is 9.99. The number of carbonyl (C=O) groups excluding carboxylic acids is 1. The Balaban J connectivity index is 2.12. The maximum atomic E-state index is 12.0. The highest BCUT2D eigenvalue weighted by molar-refractivity contribution is 5.68. The molecule has 0 aliphatic carbocycles. The largest absolute Gasteiger partial charge is 0.444 e. The number of rotatable bonds is 1. The lowest BCUT2D eigenvalue weighted by Gasteiger charge is -2.31. The normalized spacial score (nSPS) is 15.1. The van der Waals surface area contributed by atoms with Crippen LogP contribution in [0.4, 0.5) is 4.79 Å². The van der Waals surface area contributed by atoms with E-state index in [1.54, 1.807) is 11.1 Å². The number of aromatic nitrogens is 1. The molecule has 0 bridgehead atoms. The molecule has 1 aliphatic rings. The highest BCUT2D eigenvalue weighted by Crippen LogP contribution is 2.22. The molecule has 19 heavy (non-hydrogen) atoms. The molecule has 2 N–H and O–H groups in total. The van der Waals surface area contributed by atoms with Crippen LogP contribution in [0.5, 0.6) is 0 Å². The molecule has 1 aliphatic heterocycles. The second-order valence-electron chi connectivity index (χ2n) is 5.75. The Morgan fingerprint density at radius 3 is 2.89 bits per heavy atom. The van der Waals surface area contributed by atoms with Gasteiger partial charge < -0.3 is 15.4 Å². The van der Waals surface area contributed by atoms with Crippen molar-refractivity contribution >= 4 is 6.09 Å². The van der Waals surface area contributed by atoms with Gasteiger partial charge in [0.2, 0.25) is 0 Å². The van der Waals surface area contributed by atoms with Crippen LogP contribution in [0.15, 0.2) is 12.3 Å². The first kappa shape index (κ1) is 13.8. The summed E-state index contributed by atoms with van der Waals surface area (Å²) in [6.07, 6.45) is 2.26. The third kappa shape index (κ3) is 3.23. The Labute approximate surface area is 113 Å². The van der Waals surface area contributed by atoms with Gasteiger partial charge >= 0.3 is 6.09 Å². The van der Waals surface area contributed by atoms with E-state index in [0.29, 0.717) is 19.6 Å². The van der Waals surface area contributed by atoms with Crippen LogP contribution < -0.4 is 5.73 Å². The van der Waals surface area contributed by atoms with E-state index in [2.05, 4.69) is 4.98 Å². The predicted octanol–water partition coefficient (Wildman–Crippen LogP) is 1.83. The maximum Gasteiger partial charge on any atom is 0.410 e. The van der Waals surface area contributed by atoms with Crippen molar-refractivity contribution in [2.24, 2.45) is 5.73 Å². The van der Waals surface area contributed by atoms with Crippen LogP contribution >= 0.6 is 0 Å². The molecule has 0 radical (unpaired) electrons. The summed E-state index contributed by atoms with van der Waals surface area (Å²) < 4.78 is 5.38. The summed E-state index contributed by atoms with van der Waals surface area (Å²) in [4.78, 5) is 18.1. The van der Waals surface area contributed by atoms with E-state index < -0.39 is 5.60 Å². The first-order chi connectivity index (χ1) is 8.90. The van der Waals surface area contributed by atoms with E-state index >= 15 is 0 Å². The Hall–Kier alpha value is -1.62. The first-order valence-corrected chi connectivity index (χ1v) is 6.54. The van der Waals surface area contributed by atoms with Crippen molar-refractivity contribution in [3.63, 3.8) is 0 Å². The number of hydrogen-bond acceptors (Lipinski definition) is 4. The van der Waals surface area contributed by atoms with Crippen LogP contribution in [0.25, 0.3) is 0 Å². The Kier molecular flexibility index (Phi) is 3.75. The van der Waals surface area contributed by atoms with Gasteiger partial charge in [0.15, 0.2) is 0 Å². The summed E-state index contributed by atoms with van der Waals surface area (Å²) in [5, 5.41) is 0. The van der Waals surface area contributed by atoms with Gasteiger partial charge in [0.1, 0.15) is 5.60 Å². The fraction of sp³-hybridized carbons (Fsp3) is 0.571. The molecule has 104 valence electrons. The average molecular weight is 263 g/mol. The van der Waals surface area contributed by atoms with Crippen molar-refractivity contribution < 1.29 is 9.53 Å². The van der Waals surface area contributed by atoms with Crippen LogP contribution in [0.2, 0.25) is 0 Å². The number of fused-ring (bicyclic) bond motifs is 1. The zero-order chi connectivity index (χ0) is 14.0. The minimum Gasteiger partial charge on any atom is -0.444 e. The highest BCUT2D eigenvalue weighted by atomic mass is 16.6. The van der Waals surface area contributed by atoms with Gasteiger partial charge in [-0.1, -0.05) is 0 Å².